The molecule has 3 N–H and O–H groups in total. The van der Waals surface area contributed by atoms with Crippen molar-refractivity contribution in [3.8, 4) is 5.75 Å². The summed E-state index contributed by atoms with van der Waals surface area (Å²) in [6, 6.07) is 19.8. The molecule has 0 aromatic heterocycles. The number of hydrogen-bond acceptors (Lipinski definition) is 4. The molecule has 3 aromatic rings. The van der Waals surface area contributed by atoms with E-state index < -0.39 is 12.1 Å². The van der Waals surface area contributed by atoms with Gasteiger partial charge in [0.2, 0.25) is 11.9 Å². The number of urea groups is 1. The number of benzene rings is 3. The third kappa shape index (κ3) is 6.98. The van der Waals surface area contributed by atoms with Crippen molar-refractivity contribution in [1.29, 1.82) is 0 Å². The fraction of sp³-hybridized carbons (Fsp3) is 0.364. The average Bonchev–Trinajstić information content (AvgIpc) is 3.28. The Bertz CT molecular complexity index is 1470. The number of aliphatic imine (C=N–C) groups is 1. The van der Waals surface area contributed by atoms with Gasteiger partial charge in [-0.1, -0.05) is 98.3 Å². The summed E-state index contributed by atoms with van der Waals surface area (Å²) in [4.78, 5) is 30.6. The molecule has 1 fully saturated rings. The number of halogens is 2. The normalized spacial score (nSPS) is 18.8. The van der Waals surface area contributed by atoms with Crippen LogP contribution in [0, 0.1) is 0 Å². The monoisotopic (exact) mass is 623 g/mol. The van der Waals surface area contributed by atoms with Crippen molar-refractivity contribution in [1.82, 2.24) is 15.3 Å². The first kappa shape index (κ1) is 30.9. The Morgan fingerprint density at radius 2 is 1.70 bits per heavy atom. The first-order chi connectivity index (χ1) is 20.8. The number of quaternary nitrogens is 1. The van der Waals surface area contributed by atoms with Gasteiger partial charge in [-0.15, -0.1) is 4.59 Å². The van der Waals surface area contributed by atoms with Crippen LogP contribution in [0.2, 0.25) is 10.0 Å². The molecule has 0 spiro atoms. The number of amidine groups is 1. The Balaban J connectivity index is 1.49. The number of unbranched alkanes of at least 4 members (excludes halogenated alkanes) is 1. The maximum atomic E-state index is 13.6. The lowest BCUT2D eigenvalue weighted by atomic mass is 9.96. The molecule has 226 valence electrons. The van der Waals surface area contributed by atoms with Crippen molar-refractivity contribution in [2.45, 2.75) is 77.0 Å². The number of carboxylic acid groups (broad SMARTS) is 1. The highest BCUT2D eigenvalue weighted by Gasteiger charge is 2.46. The predicted octanol–water partition coefficient (Wildman–Crippen LogP) is 8.49. The van der Waals surface area contributed by atoms with E-state index in [2.05, 4.69) is 17.7 Å². The van der Waals surface area contributed by atoms with Gasteiger partial charge in [0.05, 0.1) is 10.0 Å². The van der Waals surface area contributed by atoms with E-state index in [1.165, 1.54) is 6.42 Å². The zero-order chi connectivity index (χ0) is 30.4. The number of carboxylic acids is 1. The van der Waals surface area contributed by atoms with Crippen molar-refractivity contribution < 1.29 is 19.4 Å². The van der Waals surface area contributed by atoms with Crippen LogP contribution in [0.5, 0.6) is 5.75 Å². The summed E-state index contributed by atoms with van der Waals surface area (Å²) in [5, 5.41) is 13.4. The molecule has 8 nitrogen and oxygen atoms in total. The van der Waals surface area contributed by atoms with Gasteiger partial charge in [-0.25, -0.2) is 9.59 Å². The third-order valence-electron chi connectivity index (χ3n) is 8.01. The fourth-order valence-corrected chi connectivity index (χ4v) is 6.52. The smallest absolute Gasteiger partial charge is 0.360 e. The highest BCUT2D eigenvalue weighted by atomic mass is 35.5. The first-order valence-electron chi connectivity index (χ1n) is 14.9. The van der Waals surface area contributed by atoms with E-state index in [4.69, 9.17) is 32.9 Å². The minimum absolute atomic E-state index is 0.00333. The quantitative estimate of drug-likeness (QED) is 0.186. The number of fused-ring (bicyclic) bond motifs is 1. The lowest BCUT2D eigenvalue weighted by Crippen LogP contribution is -2.66. The zero-order valence-corrected chi connectivity index (χ0v) is 25.7. The van der Waals surface area contributed by atoms with E-state index >= 15 is 0 Å². The van der Waals surface area contributed by atoms with E-state index in [-0.39, 0.29) is 32.5 Å². The van der Waals surface area contributed by atoms with Crippen molar-refractivity contribution in [3.05, 3.63) is 87.9 Å². The number of amides is 2. The molecule has 1 heterocycles. The molecule has 3 aromatic carbocycles. The molecule has 2 unspecified atom stereocenters. The number of rotatable bonds is 11. The second kappa shape index (κ2) is 13.8. The second-order valence-corrected chi connectivity index (χ2v) is 12.0. The molecule has 0 saturated heterocycles. The van der Waals surface area contributed by atoms with Crippen LogP contribution in [0.15, 0.2) is 71.7 Å². The van der Waals surface area contributed by atoms with Crippen molar-refractivity contribution in [3.63, 3.8) is 0 Å². The molecule has 0 radical (unpaired) electrons. The maximum absolute atomic E-state index is 13.6. The van der Waals surface area contributed by atoms with Gasteiger partial charge >= 0.3 is 12.0 Å². The average molecular weight is 625 g/mol. The maximum Gasteiger partial charge on any atom is 0.360 e. The summed E-state index contributed by atoms with van der Waals surface area (Å²) < 4.78 is 5.88. The van der Waals surface area contributed by atoms with Gasteiger partial charge in [0.1, 0.15) is 12.2 Å². The van der Waals surface area contributed by atoms with Crippen LogP contribution in [0.4, 0.5) is 16.2 Å². The number of nitrogens with one attached hydrogen (secondary N) is 2. The number of ether oxygens (including phenoxy) is 1. The number of carbonyl (C=O) groups excluding carboxylic acids is 1. The van der Waals surface area contributed by atoms with E-state index in [1.807, 2.05) is 24.3 Å². The summed E-state index contributed by atoms with van der Waals surface area (Å²) in [6.45, 7) is 2.41. The highest BCUT2D eigenvalue weighted by Crippen LogP contribution is 2.43. The van der Waals surface area contributed by atoms with Gasteiger partial charge in [0.25, 0.3) is 0 Å². The van der Waals surface area contributed by atoms with E-state index in [0.717, 1.165) is 61.3 Å². The van der Waals surface area contributed by atoms with Crippen LogP contribution in [0.3, 0.4) is 0 Å². The molecular formula is C33H37Cl2N4O4+. The topological polar surface area (TPSA) is 100 Å². The predicted molar refractivity (Wildman–Crippen MR) is 171 cm³/mol. The summed E-state index contributed by atoms with van der Waals surface area (Å²) in [6.07, 6.45) is 6.62. The Morgan fingerprint density at radius 3 is 2.37 bits per heavy atom. The minimum atomic E-state index is -1.29. The Kier molecular flexibility index (Phi) is 9.90. The molecule has 2 atom stereocenters. The Morgan fingerprint density at radius 1 is 1.02 bits per heavy atom. The van der Waals surface area contributed by atoms with E-state index in [0.29, 0.717) is 18.5 Å². The van der Waals surface area contributed by atoms with Gasteiger partial charge in [0, 0.05) is 29.7 Å². The van der Waals surface area contributed by atoms with Crippen molar-refractivity contribution >= 4 is 52.4 Å². The summed E-state index contributed by atoms with van der Waals surface area (Å²) in [7, 11) is 0. The molecule has 1 aliphatic carbocycles. The lowest BCUT2D eigenvalue weighted by molar-refractivity contribution is -0.145. The summed E-state index contributed by atoms with van der Waals surface area (Å²) in [5.41, 5.74) is 6.14. The molecule has 1 aliphatic heterocycles. The first-order valence-corrected chi connectivity index (χ1v) is 15.6. The number of carbonyl (C=O) groups is 2. The fourth-order valence-electron chi connectivity index (χ4n) is 5.90. The molecule has 0 bridgehead atoms. The number of nitrogens with zero attached hydrogens (tertiary/aromatic N) is 2. The van der Waals surface area contributed by atoms with Crippen molar-refractivity contribution in [2.24, 2.45) is 4.99 Å². The molecule has 2 amide bonds. The number of para-hydroxylation sites is 2. The zero-order valence-electron chi connectivity index (χ0n) is 24.2. The molecular weight excluding hydrogens is 587 g/mol. The van der Waals surface area contributed by atoms with Gasteiger partial charge in [-0.05, 0) is 37.5 Å². The SMILES string of the molecule is CCCCC1=Nc2ccccc2[N+]1(Cc1cc(Cl)c(OC(C(=O)O)c2ccccc2)c(Cl)c1)NC(=O)NC1CCCCC1. The van der Waals surface area contributed by atoms with E-state index in [9.17, 15) is 14.7 Å². The van der Waals surface area contributed by atoms with Crippen LogP contribution >= 0.6 is 23.2 Å². The standard InChI is InChI=1S/C33H36Cl2N4O4/c1-2-3-18-29-37-27-16-10-11-17-28(27)39(29,38-33(42)36-24-14-8-5-9-15-24)21-22-19-25(34)31(26(35)20-22)43-30(32(40)41)23-12-6-4-7-13-23/h4,6-7,10-13,16-17,19-20,24,30H,2-3,5,8-9,14-15,18,21H2,1H3,(H2-,36,38,40,41,42)/p+1. The van der Waals surface area contributed by atoms with Crippen LogP contribution in [-0.2, 0) is 11.3 Å². The van der Waals surface area contributed by atoms with Crippen molar-refractivity contribution in [2.75, 3.05) is 0 Å². The summed E-state index contributed by atoms with van der Waals surface area (Å²) in [5.74, 6) is -0.255. The van der Waals surface area contributed by atoms with Gasteiger partial charge < -0.3 is 15.2 Å². The lowest BCUT2D eigenvalue weighted by Gasteiger charge is -2.35. The number of aliphatic carboxylic acids is 1. The Hall–Kier alpha value is -3.59. The van der Waals surface area contributed by atoms with Crippen LogP contribution in [0.25, 0.3) is 0 Å². The number of hydrogen-bond donors (Lipinski definition) is 3. The van der Waals surface area contributed by atoms with Gasteiger partial charge in [0.15, 0.2) is 11.4 Å². The van der Waals surface area contributed by atoms with Gasteiger partial charge in [-0.3, -0.25) is 0 Å². The molecule has 1 saturated carbocycles. The highest BCUT2D eigenvalue weighted by molar-refractivity contribution is 6.37. The summed E-state index contributed by atoms with van der Waals surface area (Å²) >= 11 is 13.4. The van der Waals surface area contributed by atoms with E-state index in [1.54, 1.807) is 42.5 Å². The molecule has 10 heteroatoms. The minimum Gasteiger partial charge on any atom is -0.478 e. The van der Waals surface area contributed by atoms with Crippen LogP contribution in [0.1, 0.15) is 75.5 Å². The second-order valence-electron chi connectivity index (χ2n) is 11.1. The van der Waals surface area contributed by atoms with Gasteiger partial charge in [-0.2, -0.15) is 10.4 Å². The Labute approximate surface area is 262 Å². The largest absolute Gasteiger partial charge is 0.478 e. The van der Waals surface area contributed by atoms with Crippen LogP contribution in [-0.4, -0.2) is 29.0 Å². The molecule has 43 heavy (non-hydrogen) atoms. The molecule has 2 aliphatic rings. The van der Waals surface area contributed by atoms with Crippen LogP contribution < -0.4 is 20.1 Å². The third-order valence-corrected chi connectivity index (χ3v) is 8.57. The molecule has 5 rings (SSSR count).